The third-order valence-electron chi connectivity index (χ3n) is 3.03. The second-order valence-corrected chi connectivity index (χ2v) is 4.25. The molecule has 0 aromatic heterocycles. The van der Waals surface area contributed by atoms with Crippen molar-refractivity contribution in [2.45, 2.75) is 6.10 Å². The van der Waals surface area contributed by atoms with E-state index in [0.29, 0.717) is 0 Å². The number of hydrogen-bond acceptors (Lipinski definition) is 4. The van der Waals surface area contributed by atoms with Gasteiger partial charge in [0.1, 0.15) is 5.69 Å². The van der Waals surface area contributed by atoms with Crippen molar-refractivity contribution in [3.8, 4) is 0 Å². The van der Waals surface area contributed by atoms with Crippen LogP contribution in [0, 0.1) is 29.1 Å². The molecule has 1 aromatic rings. The van der Waals surface area contributed by atoms with Gasteiger partial charge < -0.3 is 14.4 Å². The summed E-state index contributed by atoms with van der Waals surface area (Å²) in [5.41, 5.74) is -1.08. The van der Waals surface area contributed by atoms with Crippen LogP contribution in [-0.4, -0.2) is 38.9 Å². The van der Waals surface area contributed by atoms with Gasteiger partial charge >= 0.3 is 5.97 Å². The number of carbonyl (C=O) groups excluding carboxylic acids is 1. The summed E-state index contributed by atoms with van der Waals surface area (Å²) in [6, 6.07) is 0. The Bertz CT molecular complexity index is 551. The first kappa shape index (κ1) is 15.5. The quantitative estimate of drug-likeness (QED) is 0.361. The van der Waals surface area contributed by atoms with E-state index in [1.807, 2.05) is 0 Å². The van der Waals surface area contributed by atoms with Crippen LogP contribution in [0.1, 0.15) is 0 Å². The lowest BCUT2D eigenvalue weighted by Crippen LogP contribution is -2.47. The molecule has 9 heteroatoms. The molecule has 0 N–H and O–H groups in total. The van der Waals surface area contributed by atoms with Gasteiger partial charge in [-0.25, -0.2) is 26.7 Å². The third-order valence-corrected chi connectivity index (χ3v) is 3.03. The zero-order valence-electron chi connectivity index (χ0n) is 10.8. The van der Waals surface area contributed by atoms with E-state index in [1.54, 1.807) is 0 Å². The Morgan fingerprint density at radius 2 is 1.62 bits per heavy atom. The minimum atomic E-state index is -2.23. The van der Waals surface area contributed by atoms with Gasteiger partial charge in [0.25, 0.3) is 0 Å². The van der Waals surface area contributed by atoms with Crippen LogP contribution in [-0.2, 0) is 14.3 Å². The number of nitrogens with zero attached hydrogens (tertiary/aromatic N) is 1. The second kappa shape index (κ2) is 5.84. The van der Waals surface area contributed by atoms with Crippen molar-refractivity contribution in [2.75, 3.05) is 31.7 Å². The summed E-state index contributed by atoms with van der Waals surface area (Å²) in [5, 5.41) is 0. The van der Waals surface area contributed by atoms with E-state index in [2.05, 4.69) is 4.74 Å². The van der Waals surface area contributed by atoms with Gasteiger partial charge in [-0.3, -0.25) is 0 Å². The lowest BCUT2D eigenvalue weighted by Gasteiger charge is -2.33. The molecular weight excluding hydrogens is 301 g/mol. The fraction of sp³-hybridized carbons (Fsp3) is 0.417. The number of carbonyl (C=O) groups is 1. The van der Waals surface area contributed by atoms with Crippen LogP contribution in [0.5, 0.6) is 0 Å². The van der Waals surface area contributed by atoms with Crippen LogP contribution < -0.4 is 4.90 Å². The summed E-state index contributed by atoms with van der Waals surface area (Å²) >= 11 is 0. The molecule has 1 fully saturated rings. The van der Waals surface area contributed by atoms with Gasteiger partial charge in [-0.05, 0) is 0 Å². The Kier molecular flexibility index (Phi) is 4.31. The molecule has 2 rings (SSSR count). The molecule has 1 heterocycles. The number of esters is 1. The summed E-state index contributed by atoms with van der Waals surface area (Å²) in [4.78, 5) is 12.2. The number of halogens is 5. The first-order chi connectivity index (χ1) is 9.88. The lowest BCUT2D eigenvalue weighted by atomic mass is 10.2. The predicted molar refractivity (Wildman–Crippen MR) is 60.2 cm³/mol. The van der Waals surface area contributed by atoms with E-state index in [0.717, 1.165) is 12.0 Å². The SMILES string of the molecule is COC(=O)C1CN(c2c(F)c(F)c(F)c(F)c2F)CCO1. The van der Waals surface area contributed by atoms with Crippen LogP contribution in [0.3, 0.4) is 0 Å². The van der Waals surface area contributed by atoms with Gasteiger partial charge in [-0.15, -0.1) is 0 Å². The van der Waals surface area contributed by atoms with Gasteiger partial charge in [0.15, 0.2) is 29.4 Å². The highest BCUT2D eigenvalue weighted by Gasteiger charge is 2.34. The van der Waals surface area contributed by atoms with Gasteiger partial charge in [0.05, 0.1) is 20.3 Å². The summed E-state index contributed by atoms with van der Waals surface area (Å²) in [5.74, 6) is -11.0. The number of anilines is 1. The van der Waals surface area contributed by atoms with Crippen LogP contribution in [0.4, 0.5) is 27.6 Å². The number of rotatable bonds is 2. The molecule has 0 bridgehead atoms. The number of methoxy groups -OCH3 is 1. The number of benzene rings is 1. The van der Waals surface area contributed by atoms with Crippen molar-refractivity contribution in [2.24, 2.45) is 0 Å². The Morgan fingerprint density at radius 1 is 1.10 bits per heavy atom. The second-order valence-electron chi connectivity index (χ2n) is 4.25. The topological polar surface area (TPSA) is 38.8 Å². The minimum absolute atomic E-state index is 0.126. The van der Waals surface area contributed by atoms with Crippen LogP contribution in [0.25, 0.3) is 0 Å². The van der Waals surface area contributed by atoms with E-state index in [1.165, 1.54) is 0 Å². The summed E-state index contributed by atoms with van der Waals surface area (Å²) in [6.45, 7) is -0.643. The van der Waals surface area contributed by atoms with Gasteiger partial charge in [0, 0.05) is 6.54 Å². The van der Waals surface area contributed by atoms with Crippen LogP contribution >= 0.6 is 0 Å². The van der Waals surface area contributed by atoms with E-state index in [-0.39, 0.29) is 19.7 Å². The molecule has 1 atom stereocenters. The molecule has 4 nitrogen and oxygen atoms in total. The van der Waals surface area contributed by atoms with Crippen molar-refractivity contribution in [3.63, 3.8) is 0 Å². The average molecular weight is 311 g/mol. The fourth-order valence-electron chi connectivity index (χ4n) is 2.00. The average Bonchev–Trinajstić information content (AvgIpc) is 2.50. The number of morpholine rings is 1. The first-order valence-electron chi connectivity index (χ1n) is 5.84. The molecule has 1 saturated heterocycles. The molecule has 1 aliphatic rings. The number of hydrogen-bond donors (Lipinski definition) is 0. The molecule has 0 radical (unpaired) electrons. The van der Waals surface area contributed by atoms with E-state index < -0.39 is 46.8 Å². The minimum Gasteiger partial charge on any atom is -0.467 e. The largest absolute Gasteiger partial charge is 0.467 e. The zero-order valence-corrected chi connectivity index (χ0v) is 10.8. The standard InChI is InChI=1S/C12H10F5NO3/c1-20-12(19)5-4-18(2-3-21-5)11-9(16)7(14)6(13)8(15)10(11)17/h5H,2-4H2,1H3. The monoisotopic (exact) mass is 311 g/mol. The highest BCUT2D eigenvalue weighted by atomic mass is 19.2. The number of ether oxygens (including phenoxy) is 2. The van der Waals surface area contributed by atoms with Gasteiger partial charge in [-0.1, -0.05) is 0 Å². The molecule has 1 aromatic carbocycles. The maximum atomic E-state index is 13.7. The van der Waals surface area contributed by atoms with E-state index in [9.17, 15) is 26.7 Å². The van der Waals surface area contributed by atoms with E-state index >= 15 is 0 Å². The zero-order chi connectivity index (χ0) is 15.7. The highest BCUT2D eigenvalue weighted by molar-refractivity contribution is 5.75. The Morgan fingerprint density at radius 3 is 2.14 bits per heavy atom. The molecule has 0 amide bonds. The summed E-state index contributed by atoms with van der Waals surface area (Å²) in [6.07, 6.45) is -1.17. The molecule has 0 spiro atoms. The van der Waals surface area contributed by atoms with Gasteiger partial charge in [0.2, 0.25) is 5.82 Å². The molecule has 1 unspecified atom stereocenters. The normalized spacial score (nSPS) is 18.8. The third kappa shape index (κ3) is 2.65. The molecule has 21 heavy (non-hydrogen) atoms. The Hall–Kier alpha value is -1.90. The maximum Gasteiger partial charge on any atom is 0.336 e. The fourth-order valence-corrected chi connectivity index (χ4v) is 2.00. The van der Waals surface area contributed by atoms with Gasteiger partial charge in [-0.2, -0.15) is 0 Å². The molecule has 0 saturated carbocycles. The first-order valence-corrected chi connectivity index (χ1v) is 5.84. The molecular formula is C12H10F5NO3. The van der Waals surface area contributed by atoms with E-state index in [4.69, 9.17) is 4.74 Å². The molecule has 116 valence electrons. The predicted octanol–water partition coefficient (Wildman–Crippen LogP) is 1.76. The van der Waals surface area contributed by atoms with Crippen LogP contribution in [0.15, 0.2) is 0 Å². The van der Waals surface area contributed by atoms with Crippen molar-refractivity contribution in [3.05, 3.63) is 29.1 Å². The Balaban J connectivity index is 2.40. The maximum absolute atomic E-state index is 13.7. The molecule has 0 aliphatic carbocycles. The van der Waals surface area contributed by atoms with Crippen molar-refractivity contribution in [1.82, 2.24) is 0 Å². The van der Waals surface area contributed by atoms with Crippen molar-refractivity contribution in [1.29, 1.82) is 0 Å². The van der Waals surface area contributed by atoms with Crippen molar-refractivity contribution < 1.29 is 36.2 Å². The Labute approximate surface area is 116 Å². The van der Waals surface area contributed by atoms with Crippen LogP contribution in [0.2, 0.25) is 0 Å². The highest BCUT2D eigenvalue weighted by Crippen LogP contribution is 2.31. The molecule has 1 aliphatic heterocycles. The lowest BCUT2D eigenvalue weighted by molar-refractivity contribution is -0.154. The smallest absolute Gasteiger partial charge is 0.336 e. The van der Waals surface area contributed by atoms with Crippen molar-refractivity contribution >= 4 is 11.7 Å². The summed E-state index contributed by atoms with van der Waals surface area (Å²) < 4.78 is 76.1. The summed E-state index contributed by atoms with van der Waals surface area (Å²) in [7, 11) is 1.09.